The Morgan fingerprint density at radius 3 is 2.57 bits per heavy atom. The van der Waals surface area contributed by atoms with Gasteiger partial charge in [-0.1, -0.05) is 23.2 Å². The van der Waals surface area contributed by atoms with Crippen LogP contribution in [-0.4, -0.2) is 38.2 Å². The summed E-state index contributed by atoms with van der Waals surface area (Å²) >= 11 is 12.6. The highest BCUT2D eigenvalue weighted by molar-refractivity contribution is 6.35. The number of nitrogens with one attached hydrogen (secondary N) is 2. The van der Waals surface area contributed by atoms with Crippen LogP contribution in [0.4, 0.5) is 5.69 Å². The fourth-order valence-corrected chi connectivity index (χ4v) is 5.45. The van der Waals surface area contributed by atoms with Gasteiger partial charge in [0.25, 0.3) is 0 Å². The number of H-pyrrole nitrogens is 2. The molecule has 0 unspecified atom stereocenters. The molecule has 35 heavy (non-hydrogen) atoms. The summed E-state index contributed by atoms with van der Waals surface area (Å²) in [4.78, 5) is 14.7. The molecule has 3 aromatic heterocycles. The lowest BCUT2D eigenvalue weighted by molar-refractivity contribution is 0.227. The fourth-order valence-electron chi connectivity index (χ4n) is 4.78. The molecule has 2 N–H and O–H groups in total. The van der Waals surface area contributed by atoms with E-state index in [1.54, 1.807) is 12.4 Å². The third kappa shape index (κ3) is 4.19. The zero-order chi connectivity index (χ0) is 23.9. The maximum atomic E-state index is 6.32. The number of anilines is 1. The van der Waals surface area contributed by atoms with Crippen molar-refractivity contribution in [1.82, 2.24) is 25.1 Å². The number of ether oxygens (including phenoxy) is 1. The van der Waals surface area contributed by atoms with Crippen LogP contribution in [0.15, 0.2) is 48.8 Å². The molecule has 1 saturated heterocycles. The minimum atomic E-state index is -0.356. The molecule has 5 aromatic rings. The number of hydrogen-bond acceptors (Lipinski definition) is 5. The SMILES string of the molecule is C[C@@H](Oc1ccc2[nH]nc(-c3nc4ccc(N5CCCCC5)cc4[nH]3)c2c1)c1c(Cl)cncc1Cl. The third-order valence-corrected chi connectivity index (χ3v) is 7.16. The minimum absolute atomic E-state index is 0.356. The van der Waals surface area contributed by atoms with Gasteiger partial charge in [0.1, 0.15) is 17.5 Å². The van der Waals surface area contributed by atoms with Gasteiger partial charge in [-0.15, -0.1) is 0 Å². The van der Waals surface area contributed by atoms with Gasteiger partial charge >= 0.3 is 0 Å². The lowest BCUT2D eigenvalue weighted by atomic mass is 10.1. The van der Waals surface area contributed by atoms with Crippen molar-refractivity contribution < 1.29 is 4.74 Å². The van der Waals surface area contributed by atoms with Crippen LogP contribution in [0.3, 0.4) is 0 Å². The van der Waals surface area contributed by atoms with Gasteiger partial charge in [0.05, 0.1) is 26.6 Å². The Labute approximate surface area is 212 Å². The molecule has 1 fully saturated rings. The lowest BCUT2D eigenvalue weighted by Crippen LogP contribution is -2.29. The molecule has 0 spiro atoms. The summed E-state index contributed by atoms with van der Waals surface area (Å²) in [5.74, 6) is 1.40. The Morgan fingerprint density at radius 2 is 1.77 bits per heavy atom. The molecule has 6 rings (SSSR count). The second kappa shape index (κ2) is 9.06. The Hall–Kier alpha value is -3.29. The number of aromatic amines is 2. The molecule has 0 aliphatic carbocycles. The highest BCUT2D eigenvalue weighted by Gasteiger charge is 2.19. The van der Waals surface area contributed by atoms with E-state index in [0.29, 0.717) is 27.2 Å². The topological polar surface area (TPSA) is 82.7 Å². The summed E-state index contributed by atoms with van der Waals surface area (Å²) in [6, 6.07) is 12.2. The van der Waals surface area contributed by atoms with Crippen molar-refractivity contribution in [3.05, 3.63) is 64.4 Å². The standard InChI is InChI=1S/C26H24Cl2N6O/c1-15(24-19(27)13-29-14-20(24)28)35-17-6-8-21-18(12-17)25(33-32-21)26-30-22-7-5-16(11-23(22)31-26)34-9-3-2-4-10-34/h5-8,11-15H,2-4,9-10H2,1H3,(H,30,31)(H,32,33)/t15-/m1/s1. The van der Waals surface area contributed by atoms with Gasteiger partial charge < -0.3 is 14.6 Å². The summed E-state index contributed by atoms with van der Waals surface area (Å²) in [5, 5.41) is 9.51. The average Bonchev–Trinajstić information content (AvgIpc) is 3.47. The lowest BCUT2D eigenvalue weighted by Gasteiger charge is -2.28. The smallest absolute Gasteiger partial charge is 0.159 e. The molecule has 0 bridgehead atoms. The molecule has 1 aliphatic heterocycles. The Bertz CT molecular complexity index is 1500. The number of hydrogen-bond donors (Lipinski definition) is 2. The van der Waals surface area contributed by atoms with Gasteiger partial charge in [-0.25, -0.2) is 4.98 Å². The molecule has 2 aromatic carbocycles. The summed E-state index contributed by atoms with van der Waals surface area (Å²) in [6.07, 6.45) is 6.58. The number of imidazole rings is 1. The average molecular weight is 507 g/mol. The highest BCUT2D eigenvalue weighted by atomic mass is 35.5. The largest absolute Gasteiger partial charge is 0.486 e. The second-order valence-electron chi connectivity index (χ2n) is 8.89. The van der Waals surface area contributed by atoms with E-state index in [0.717, 1.165) is 40.7 Å². The maximum absolute atomic E-state index is 6.32. The maximum Gasteiger partial charge on any atom is 0.159 e. The van der Waals surface area contributed by atoms with Crippen molar-refractivity contribution in [2.75, 3.05) is 18.0 Å². The van der Waals surface area contributed by atoms with Crippen LogP contribution in [0.5, 0.6) is 5.75 Å². The normalized spacial score (nSPS) is 15.1. The van der Waals surface area contributed by atoms with E-state index >= 15 is 0 Å². The van der Waals surface area contributed by atoms with Gasteiger partial charge in [-0.05, 0) is 62.6 Å². The number of rotatable bonds is 5. The fraction of sp³-hybridized carbons (Fsp3) is 0.269. The first-order chi connectivity index (χ1) is 17.1. The van der Waals surface area contributed by atoms with Crippen LogP contribution in [-0.2, 0) is 0 Å². The van der Waals surface area contributed by atoms with Crippen LogP contribution < -0.4 is 9.64 Å². The quantitative estimate of drug-likeness (QED) is 0.269. The molecule has 1 aliphatic rings. The predicted molar refractivity (Wildman–Crippen MR) is 141 cm³/mol. The first-order valence-electron chi connectivity index (χ1n) is 11.8. The first-order valence-corrected chi connectivity index (χ1v) is 12.5. The number of pyridine rings is 1. The van der Waals surface area contributed by atoms with Crippen molar-refractivity contribution in [1.29, 1.82) is 0 Å². The Balaban J connectivity index is 1.32. The zero-order valence-electron chi connectivity index (χ0n) is 19.2. The molecule has 0 amide bonds. The van der Waals surface area contributed by atoms with Gasteiger partial charge in [-0.3, -0.25) is 10.1 Å². The minimum Gasteiger partial charge on any atom is -0.486 e. The Kier molecular flexibility index (Phi) is 5.74. The molecule has 4 heterocycles. The number of aromatic nitrogens is 5. The number of benzene rings is 2. The second-order valence-corrected chi connectivity index (χ2v) is 9.71. The van der Waals surface area contributed by atoms with E-state index in [1.165, 1.54) is 24.9 Å². The number of fused-ring (bicyclic) bond motifs is 2. The molecule has 0 saturated carbocycles. The summed E-state index contributed by atoms with van der Waals surface area (Å²) in [7, 11) is 0. The predicted octanol–water partition coefficient (Wildman–Crippen LogP) is 6.94. The molecular formula is C26H24Cl2N6O. The molecule has 1 atom stereocenters. The molecular weight excluding hydrogens is 483 g/mol. The van der Waals surface area contributed by atoms with Gasteiger partial charge in [0.15, 0.2) is 5.82 Å². The van der Waals surface area contributed by atoms with Crippen molar-refractivity contribution in [2.45, 2.75) is 32.3 Å². The molecule has 0 radical (unpaired) electrons. The molecule has 7 nitrogen and oxygen atoms in total. The monoisotopic (exact) mass is 506 g/mol. The Morgan fingerprint density at radius 1 is 0.971 bits per heavy atom. The summed E-state index contributed by atoms with van der Waals surface area (Å²) in [5.41, 5.74) is 5.50. The van der Waals surface area contributed by atoms with E-state index < -0.39 is 0 Å². The summed E-state index contributed by atoms with van der Waals surface area (Å²) in [6.45, 7) is 4.12. The van der Waals surface area contributed by atoms with Gasteiger partial charge in [0.2, 0.25) is 0 Å². The number of piperidine rings is 1. The third-order valence-electron chi connectivity index (χ3n) is 6.56. The van der Waals surface area contributed by atoms with Crippen molar-refractivity contribution in [3.63, 3.8) is 0 Å². The van der Waals surface area contributed by atoms with Crippen LogP contribution in [0.2, 0.25) is 10.0 Å². The highest BCUT2D eigenvalue weighted by Crippen LogP contribution is 2.35. The number of halogens is 2. The van der Waals surface area contributed by atoms with Gasteiger partial charge in [-0.2, -0.15) is 5.10 Å². The zero-order valence-corrected chi connectivity index (χ0v) is 20.7. The first kappa shape index (κ1) is 22.2. The van der Waals surface area contributed by atoms with Crippen LogP contribution in [0.25, 0.3) is 33.5 Å². The van der Waals surface area contributed by atoms with Crippen LogP contribution >= 0.6 is 23.2 Å². The van der Waals surface area contributed by atoms with E-state index in [1.807, 2.05) is 25.1 Å². The van der Waals surface area contributed by atoms with Gasteiger partial charge in [0, 0.05) is 42.1 Å². The molecule has 9 heteroatoms. The summed E-state index contributed by atoms with van der Waals surface area (Å²) < 4.78 is 6.20. The number of nitrogens with zero attached hydrogens (tertiary/aromatic N) is 4. The van der Waals surface area contributed by atoms with E-state index in [-0.39, 0.29) is 6.10 Å². The van der Waals surface area contributed by atoms with E-state index in [4.69, 9.17) is 32.9 Å². The van der Waals surface area contributed by atoms with Crippen molar-refractivity contribution in [3.8, 4) is 17.3 Å². The van der Waals surface area contributed by atoms with Crippen molar-refractivity contribution >= 4 is 50.8 Å². The van der Waals surface area contributed by atoms with E-state index in [2.05, 4.69) is 43.3 Å². The molecule has 178 valence electrons. The van der Waals surface area contributed by atoms with E-state index in [9.17, 15) is 0 Å². The van der Waals surface area contributed by atoms with Crippen LogP contribution in [0, 0.1) is 0 Å². The van der Waals surface area contributed by atoms with Crippen molar-refractivity contribution in [2.24, 2.45) is 0 Å². The van der Waals surface area contributed by atoms with Crippen LogP contribution in [0.1, 0.15) is 37.9 Å².